The Morgan fingerprint density at radius 2 is 1.81 bits per heavy atom. The number of ether oxygens (including phenoxy) is 1. The summed E-state index contributed by atoms with van der Waals surface area (Å²) in [6.07, 6.45) is 0.901. The lowest BCUT2D eigenvalue weighted by Gasteiger charge is -2.28. The van der Waals surface area contributed by atoms with Crippen molar-refractivity contribution in [2.24, 2.45) is 0 Å². The summed E-state index contributed by atoms with van der Waals surface area (Å²) in [5.41, 5.74) is 3.45. The molecule has 0 spiro atoms. The maximum Gasteiger partial charge on any atom is 0.237 e. The van der Waals surface area contributed by atoms with Gasteiger partial charge in [0.1, 0.15) is 0 Å². The quantitative estimate of drug-likeness (QED) is 0.539. The zero-order valence-electron chi connectivity index (χ0n) is 18.2. The van der Waals surface area contributed by atoms with Crippen LogP contribution in [0.3, 0.4) is 0 Å². The third-order valence-corrected chi connectivity index (χ3v) is 6.93. The van der Waals surface area contributed by atoms with Gasteiger partial charge in [0.2, 0.25) is 11.9 Å². The lowest BCUT2D eigenvalue weighted by Crippen LogP contribution is -2.38. The summed E-state index contributed by atoms with van der Waals surface area (Å²) in [7, 11) is 0. The Morgan fingerprint density at radius 3 is 2.62 bits per heavy atom. The molecule has 1 fully saturated rings. The molecule has 0 unspecified atom stereocenters. The fourth-order valence-corrected chi connectivity index (χ4v) is 5.22. The highest BCUT2D eigenvalue weighted by atomic mass is 32.2. The van der Waals surface area contributed by atoms with Crippen LogP contribution in [0.2, 0.25) is 0 Å². The second-order valence-electron chi connectivity index (χ2n) is 8.19. The minimum atomic E-state index is 0.106. The Bertz CT molecular complexity index is 1080. The van der Waals surface area contributed by atoms with E-state index < -0.39 is 0 Å². The molecule has 0 N–H and O–H groups in total. The van der Waals surface area contributed by atoms with E-state index in [4.69, 9.17) is 4.74 Å². The van der Waals surface area contributed by atoms with Gasteiger partial charge in [-0.3, -0.25) is 9.36 Å². The largest absolute Gasteiger partial charge is 0.378 e. The predicted octanol–water partition coefficient (Wildman–Crippen LogP) is 3.23. The molecular formula is C24H27N5O2S. The van der Waals surface area contributed by atoms with Crippen LogP contribution >= 0.6 is 11.8 Å². The molecule has 5 rings (SSSR count). The third kappa shape index (κ3) is 4.25. The predicted molar refractivity (Wildman–Crippen MR) is 126 cm³/mol. The van der Waals surface area contributed by atoms with Crippen molar-refractivity contribution in [3.63, 3.8) is 0 Å². The summed E-state index contributed by atoms with van der Waals surface area (Å²) in [5.74, 6) is 1.27. The molecule has 0 aliphatic carbocycles. The Kier molecular flexibility index (Phi) is 6.14. The molecule has 3 aromatic rings. The number of rotatable bonds is 6. The number of nitrogens with zero attached hydrogens (tertiary/aromatic N) is 5. The van der Waals surface area contributed by atoms with E-state index in [1.807, 2.05) is 41.3 Å². The Balaban J connectivity index is 1.36. The molecule has 2 aliphatic rings. The number of amides is 1. The molecule has 0 bridgehead atoms. The first kappa shape index (κ1) is 21.0. The van der Waals surface area contributed by atoms with E-state index in [9.17, 15) is 4.79 Å². The van der Waals surface area contributed by atoms with E-state index in [1.165, 1.54) is 22.9 Å². The van der Waals surface area contributed by atoms with Gasteiger partial charge >= 0.3 is 0 Å². The number of hydrogen-bond donors (Lipinski definition) is 0. The Hall–Kier alpha value is -2.84. The van der Waals surface area contributed by atoms with Crippen molar-refractivity contribution in [1.82, 2.24) is 14.8 Å². The number of morpholine rings is 1. The maximum atomic E-state index is 13.2. The van der Waals surface area contributed by atoms with Crippen molar-refractivity contribution in [3.05, 3.63) is 65.7 Å². The number of aromatic nitrogens is 3. The Morgan fingerprint density at radius 1 is 1.06 bits per heavy atom. The first-order chi connectivity index (χ1) is 15.7. The third-order valence-electron chi connectivity index (χ3n) is 5.98. The zero-order chi connectivity index (χ0) is 21.9. The van der Waals surface area contributed by atoms with Crippen molar-refractivity contribution < 1.29 is 9.53 Å². The van der Waals surface area contributed by atoms with E-state index in [-0.39, 0.29) is 11.9 Å². The van der Waals surface area contributed by atoms with E-state index in [1.54, 1.807) is 0 Å². The smallest absolute Gasteiger partial charge is 0.237 e. The van der Waals surface area contributed by atoms with Gasteiger partial charge in [0.15, 0.2) is 5.16 Å². The van der Waals surface area contributed by atoms with Crippen LogP contribution in [-0.4, -0.2) is 58.8 Å². The molecule has 0 saturated carbocycles. The number of benzene rings is 2. The average molecular weight is 450 g/mol. The van der Waals surface area contributed by atoms with Crippen molar-refractivity contribution in [1.29, 1.82) is 0 Å². The van der Waals surface area contributed by atoms with Crippen molar-refractivity contribution in [2.45, 2.75) is 31.1 Å². The summed E-state index contributed by atoms with van der Waals surface area (Å²) in [5, 5.41) is 9.74. The van der Waals surface area contributed by atoms with E-state index >= 15 is 0 Å². The fraction of sp³-hybridized carbons (Fsp3) is 0.375. The molecule has 166 valence electrons. The highest BCUT2D eigenvalue weighted by Crippen LogP contribution is 2.33. The van der Waals surface area contributed by atoms with Gasteiger partial charge < -0.3 is 14.5 Å². The van der Waals surface area contributed by atoms with Crippen LogP contribution in [0, 0.1) is 0 Å². The highest BCUT2D eigenvalue weighted by molar-refractivity contribution is 7.99. The van der Waals surface area contributed by atoms with Crippen LogP contribution in [0.25, 0.3) is 0 Å². The van der Waals surface area contributed by atoms with Gasteiger partial charge in [-0.1, -0.05) is 60.3 Å². The molecule has 0 radical (unpaired) electrons. The second kappa shape index (κ2) is 9.34. The SMILES string of the molecule is C[C@H]1Cc2ccccc2N1C(=O)CSc1nnc(N2CCOCC2)n1Cc1ccccc1. The summed E-state index contributed by atoms with van der Waals surface area (Å²) in [4.78, 5) is 17.3. The molecule has 8 heteroatoms. The lowest BCUT2D eigenvalue weighted by atomic mass is 10.1. The van der Waals surface area contributed by atoms with E-state index in [2.05, 4.69) is 44.8 Å². The number of para-hydroxylation sites is 1. The van der Waals surface area contributed by atoms with Crippen LogP contribution in [-0.2, 0) is 22.5 Å². The fourth-order valence-electron chi connectivity index (χ4n) is 4.43. The molecule has 1 saturated heterocycles. The molecule has 7 nitrogen and oxygen atoms in total. The van der Waals surface area contributed by atoms with Crippen LogP contribution < -0.4 is 9.80 Å². The number of carbonyl (C=O) groups excluding carboxylic acids is 1. The Labute approximate surface area is 192 Å². The summed E-state index contributed by atoms with van der Waals surface area (Å²) in [6, 6.07) is 18.6. The number of carbonyl (C=O) groups is 1. The molecule has 2 aromatic carbocycles. The van der Waals surface area contributed by atoms with Crippen molar-refractivity contribution in [2.75, 3.05) is 41.9 Å². The summed E-state index contributed by atoms with van der Waals surface area (Å²) >= 11 is 1.46. The molecule has 1 aromatic heterocycles. The van der Waals surface area contributed by atoms with Crippen LogP contribution in [0.15, 0.2) is 59.8 Å². The lowest BCUT2D eigenvalue weighted by molar-refractivity contribution is -0.116. The van der Waals surface area contributed by atoms with Gasteiger partial charge in [-0.25, -0.2) is 0 Å². The van der Waals surface area contributed by atoms with Gasteiger partial charge in [0.05, 0.1) is 25.5 Å². The van der Waals surface area contributed by atoms with Gasteiger partial charge in [0.25, 0.3) is 0 Å². The monoisotopic (exact) mass is 449 g/mol. The normalized spacial score (nSPS) is 18.1. The number of hydrogen-bond acceptors (Lipinski definition) is 6. The number of fused-ring (bicyclic) bond motifs is 1. The van der Waals surface area contributed by atoms with Crippen LogP contribution in [0.5, 0.6) is 0 Å². The molecule has 3 heterocycles. The molecule has 32 heavy (non-hydrogen) atoms. The summed E-state index contributed by atoms with van der Waals surface area (Å²) in [6.45, 7) is 5.73. The van der Waals surface area contributed by atoms with Gasteiger partial charge in [-0.15, -0.1) is 10.2 Å². The first-order valence-electron chi connectivity index (χ1n) is 11.0. The van der Waals surface area contributed by atoms with Crippen LogP contribution in [0.4, 0.5) is 11.6 Å². The number of anilines is 2. The highest BCUT2D eigenvalue weighted by Gasteiger charge is 2.31. The van der Waals surface area contributed by atoms with E-state index in [0.29, 0.717) is 25.5 Å². The van der Waals surface area contributed by atoms with Crippen molar-refractivity contribution >= 4 is 29.3 Å². The average Bonchev–Trinajstić information content (AvgIpc) is 3.38. The molecule has 1 amide bonds. The zero-order valence-corrected chi connectivity index (χ0v) is 19.0. The second-order valence-corrected chi connectivity index (χ2v) is 9.13. The first-order valence-corrected chi connectivity index (χ1v) is 12.0. The minimum Gasteiger partial charge on any atom is -0.378 e. The number of thioether (sulfide) groups is 1. The molecular weight excluding hydrogens is 422 g/mol. The topological polar surface area (TPSA) is 63.5 Å². The van der Waals surface area contributed by atoms with Gasteiger partial charge in [-0.05, 0) is 30.5 Å². The van der Waals surface area contributed by atoms with Gasteiger partial charge in [-0.2, -0.15) is 0 Å². The molecule has 1 atom stereocenters. The summed E-state index contributed by atoms with van der Waals surface area (Å²) < 4.78 is 7.63. The van der Waals surface area contributed by atoms with Gasteiger partial charge in [0, 0.05) is 24.8 Å². The standard InChI is InChI=1S/C24H27N5O2S/c1-18-15-20-9-5-6-10-21(20)29(18)22(30)17-32-24-26-25-23(27-11-13-31-14-12-27)28(24)16-19-7-3-2-4-8-19/h2-10,18H,11-17H2,1H3/t18-/m0/s1. The maximum absolute atomic E-state index is 13.2. The molecule has 2 aliphatic heterocycles. The minimum absolute atomic E-state index is 0.106. The van der Waals surface area contributed by atoms with Crippen molar-refractivity contribution in [3.8, 4) is 0 Å². The van der Waals surface area contributed by atoms with E-state index in [0.717, 1.165) is 36.3 Å². The van der Waals surface area contributed by atoms with Crippen LogP contribution in [0.1, 0.15) is 18.1 Å².